The highest BCUT2D eigenvalue weighted by Crippen LogP contribution is 2.22. The number of nitrogens with one attached hydrogen (secondary N) is 2. The summed E-state index contributed by atoms with van der Waals surface area (Å²) >= 11 is 4.71. The molecule has 0 aliphatic rings. The Balaban J connectivity index is 1.58. The van der Waals surface area contributed by atoms with Crippen LogP contribution in [0.3, 0.4) is 0 Å². The molecule has 3 rings (SSSR count). The van der Waals surface area contributed by atoms with Gasteiger partial charge in [0.1, 0.15) is 5.82 Å². The molecule has 0 fully saturated rings. The summed E-state index contributed by atoms with van der Waals surface area (Å²) in [6, 6.07) is 13.3. The van der Waals surface area contributed by atoms with Gasteiger partial charge >= 0.3 is 0 Å². The van der Waals surface area contributed by atoms with E-state index in [1.807, 2.05) is 67.8 Å². The van der Waals surface area contributed by atoms with Gasteiger partial charge in [0.15, 0.2) is 5.16 Å². The van der Waals surface area contributed by atoms with Crippen LogP contribution in [0.5, 0.6) is 0 Å². The third kappa shape index (κ3) is 6.41. The maximum absolute atomic E-state index is 12.4. The van der Waals surface area contributed by atoms with Crippen molar-refractivity contribution in [2.24, 2.45) is 0 Å². The van der Waals surface area contributed by atoms with Crippen LogP contribution >= 0.6 is 27.7 Å². The van der Waals surface area contributed by atoms with Gasteiger partial charge in [-0.1, -0.05) is 45.4 Å². The Bertz CT molecular complexity index is 1080. The van der Waals surface area contributed by atoms with Crippen molar-refractivity contribution in [2.45, 2.75) is 38.9 Å². The van der Waals surface area contributed by atoms with Crippen LogP contribution in [-0.2, 0) is 22.6 Å². The fourth-order valence-electron chi connectivity index (χ4n) is 2.94. The molecule has 3 aromatic rings. The summed E-state index contributed by atoms with van der Waals surface area (Å²) in [6.07, 6.45) is 0.111. The second-order valence-electron chi connectivity index (χ2n) is 7.03. The molecule has 2 N–H and O–H groups in total. The van der Waals surface area contributed by atoms with Gasteiger partial charge in [0, 0.05) is 22.4 Å². The molecule has 0 atom stereocenters. The van der Waals surface area contributed by atoms with E-state index in [2.05, 4.69) is 36.8 Å². The van der Waals surface area contributed by atoms with E-state index in [0.29, 0.717) is 17.5 Å². The lowest BCUT2D eigenvalue weighted by atomic mass is 10.2. The smallest absolute Gasteiger partial charge is 0.234 e. The van der Waals surface area contributed by atoms with E-state index < -0.39 is 0 Å². The Hall–Kier alpha value is -2.65. The van der Waals surface area contributed by atoms with Gasteiger partial charge in [-0.2, -0.15) is 0 Å². The summed E-state index contributed by atoms with van der Waals surface area (Å²) in [6.45, 7) is 6.50. The van der Waals surface area contributed by atoms with Crippen molar-refractivity contribution in [3.8, 4) is 0 Å². The van der Waals surface area contributed by atoms with E-state index in [4.69, 9.17) is 0 Å². The second-order valence-corrected chi connectivity index (χ2v) is 8.89. The molecule has 0 spiro atoms. The first-order valence-corrected chi connectivity index (χ1v) is 11.6. The fraction of sp³-hybridized carbons (Fsp3) is 0.273. The predicted molar refractivity (Wildman–Crippen MR) is 127 cm³/mol. The van der Waals surface area contributed by atoms with Gasteiger partial charge in [-0.3, -0.25) is 9.59 Å². The highest BCUT2D eigenvalue weighted by molar-refractivity contribution is 9.10. The monoisotopic (exact) mass is 501 g/mol. The van der Waals surface area contributed by atoms with Crippen LogP contribution in [-0.4, -0.2) is 32.3 Å². The molecule has 0 saturated heterocycles. The minimum absolute atomic E-state index is 0.111. The molecule has 0 aliphatic carbocycles. The molecule has 1 heterocycles. The average molecular weight is 502 g/mol. The standard InChI is InChI=1S/C22H24BrN5O2S/c1-4-28-19(12-20(29)24-17-8-5-14(2)6-9-17)26-27-22(28)31-13-21(30)25-18-10-7-16(23)11-15(18)3/h5-11H,4,12-13H2,1-3H3,(H,24,29)(H,25,30). The molecule has 2 amide bonds. The summed E-state index contributed by atoms with van der Waals surface area (Å²) in [5.74, 6) is 0.480. The minimum Gasteiger partial charge on any atom is -0.326 e. The zero-order valence-corrected chi connectivity index (χ0v) is 20.0. The van der Waals surface area contributed by atoms with Gasteiger partial charge in [0.25, 0.3) is 0 Å². The average Bonchev–Trinajstić information content (AvgIpc) is 3.11. The van der Waals surface area contributed by atoms with Crippen LogP contribution in [0.15, 0.2) is 52.1 Å². The number of thioether (sulfide) groups is 1. The van der Waals surface area contributed by atoms with Gasteiger partial charge in [0.05, 0.1) is 12.2 Å². The summed E-state index contributed by atoms with van der Waals surface area (Å²) < 4.78 is 2.82. The normalized spacial score (nSPS) is 10.7. The first kappa shape index (κ1) is 23.0. The quantitative estimate of drug-likeness (QED) is 0.440. The summed E-state index contributed by atoms with van der Waals surface area (Å²) in [5, 5.41) is 14.7. The number of nitrogens with zero attached hydrogens (tertiary/aromatic N) is 3. The third-order valence-electron chi connectivity index (χ3n) is 4.56. The molecule has 31 heavy (non-hydrogen) atoms. The lowest BCUT2D eigenvalue weighted by Gasteiger charge is -2.10. The molecule has 0 aliphatic heterocycles. The highest BCUT2D eigenvalue weighted by Gasteiger charge is 2.16. The summed E-state index contributed by atoms with van der Waals surface area (Å²) in [4.78, 5) is 24.8. The van der Waals surface area contributed by atoms with Crippen molar-refractivity contribution in [3.05, 3.63) is 63.9 Å². The Labute approximate surface area is 194 Å². The topological polar surface area (TPSA) is 88.9 Å². The number of halogens is 1. The van der Waals surface area contributed by atoms with Crippen LogP contribution in [0.4, 0.5) is 11.4 Å². The number of hydrogen-bond donors (Lipinski definition) is 2. The van der Waals surface area contributed by atoms with E-state index in [1.165, 1.54) is 11.8 Å². The fourth-order valence-corrected chi connectivity index (χ4v) is 4.24. The van der Waals surface area contributed by atoms with E-state index >= 15 is 0 Å². The van der Waals surface area contributed by atoms with Crippen molar-refractivity contribution >= 4 is 50.9 Å². The molecule has 0 bridgehead atoms. The molecule has 0 radical (unpaired) electrons. The van der Waals surface area contributed by atoms with Crippen molar-refractivity contribution in [2.75, 3.05) is 16.4 Å². The maximum atomic E-state index is 12.4. The molecule has 0 unspecified atom stereocenters. The van der Waals surface area contributed by atoms with Gasteiger partial charge < -0.3 is 15.2 Å². The van der Waals surface area contributed by atoms with Crippen LogP contribution in [0.1, 0.15) is 23.9 Å². The zero-order chi connectivity index (χ0) is 22.4. The molecular formula is C22H24BrN5O2S. The summed E-state index contributed by atoms with van der Waals surface area (Å²) in [5.41, 5.74) is 3.63. The van der Waals surface area contributed by atoms with Crippen molar-refractivity contribution in [3.63, 3.8) is 0 Å². The zero-order valence-electron chi connectivity index (χ0n) is 17.6. The first-order chi connectivity index (χ1) is 14.9. The maximum Gasteiger partial charge on any atom is 0.234 e. The van der Waals surface area contributed by atoms with Crippen LogP contribution in [0.25, 0.3) is 0 Å². The first-order valence-electron chi connectivity index (χ1n) is 9.83. The number of hydrogen-bond acceptors (Lipinski definition) is 5. The van der Waals surface area contributed by atoms with E-state index in [0.717, 1.165) is 27.0 Å². The number of rotatable bonds is 8. The highest BCUT2D eigenvalue weighted by atomic mass is 79.9. The number of aryl methyl sites for hydroxylation is 2. The molecule has 0 saturated carbocycles. The van der Waals surface area contributed by atoms with Crippen molar-refractivity contribution in [1.29, 1.82) is 0 Å². The van der Waals surface area contributed by atoms with E-state index in [9.17, 15) is 9.59 Å². The van der Waals surface area contributed by atoms with E-state index in [1.54, 1.807) is 0 Å². The molecule has 7 nitrogen and oxygen atoms in total. The van der Waals surface area contributed by atoms with E-state index in [-0.39, 0.29) is 24.0 Å². The van der Waals surface area contributed by atoms with Gasteiger partial charge in [-0.15, -0.1) is 10.2 Å². The second kappa shape index (κ2) is 10.6. The SMILES string of the molecule is CCn1c(CC(=O)Nc2ccc(C)cc2)nnc1SCC(=O)Nc1ccc(Br)cc1C. The largest absolute Gasteiger partial charge is 0.326 e. The van der Waals surface area contributed by atoms with Crippen LogP contribution < -0.4 is 10.6 Å². The van der Waals surface area contributed by atoms with Crippen molar-refractivity contribution in [1.82, 2.24) is 14.8 Å². The Morgan fingerprint density at radius 1 is 1.03 bits per heavy atom. The molecular weight excluding hydrogens is 478 g/mol. The number of aromatic nitrogens is 3. The van der Waals surface area contributed by atoms with Crippen LogP contribution in [0, 0.1) is 13.8 Å². The molecule has 9 heteroatoms. The Morgan fingerprint density at radius 3 is 2.45 bits per heavy atom. The third-order valence-corrected chi connectivity index (χ3v) is 6.02. The number of benzene rings is 2. The van der Waals surface area contributed by atoms with Gasteiger partial charge in [-0.25, -0.2) is 0 Å². The molecule has 2 aromatic carbocycles. The van der Waals surface area contributed by atoms with Crippen LogP contribution in [0.2, 0.25) is 0 Å². The minimum atomic E-state index is -0.161. The number of amides is 2. The Morgan fingerprint density at radius 2 is 1.77 bits per heavy atom. The summed E-state index contributed by atoms with van der Waals surface area (Å²) in [7, 11) is 0. The van der Waals surface area contributed by atoms with Crippen molar-refractivity contribution < 1.29 is 9.59 Å². The van der Waals surface area contributed by atoms with Gasteiger partial charge in [0.2, 0.25) is 11.8 Å². The number of carbonyl (C=O) groups excluding carboxylic acids is 2. The lowest BCUT2D eigenvalue weighted by molar-refractivity contribution is -0.116. The molecule has 1 aromatic heterocycles. The Kier molecular flexibility index (Phi) is 7.86. The number of anilines is 2. The molecule has 162 valence electrons. The van der Waals surface area contributed by atoms with Gasteiger partial charge in [-0.05, 0) is 56.7 Å². The lowest BCUT2D eigenvalue weighted by Crippen LogP contribution is -2.18. The number of carbonyl (C=O) groups is 2. The predicted octanol–water partition coefficient (Wildman–Crippen LogP) is 4.59.